The quantitative estimate of drug-likeness (QED) is 0.789. The molecule has 1 saturated carbocycles. The molecule has 100 valence electrons. The van der Waals surface area contributed by atoms with Crippen molar-refractivity contribution in [1.82, 2.24) is 15.5 Å². The number of carbonyl (C=O) groups is 1. The topological polar surface area (TPSA) is 94.0 Å². The lowest BCUT2D eigenvalue weighted by Crippen LogP contribution is -2.26. The Morgan fingerprint density at radius 1 is 1.56 bits per heavy atom. The van der Waals surface area contributed by atoms with Gasteiger partial charge in [0.15, 0.2) is 0 Å². The van der Waals surface area contributed by atoms with Crippen molar-refractivity contribution in [2.45, 2.75) is 45.1 Å². The highest BCUT2D eigenvalue weighted by atomic mass is 16.5. The molecule has 1 heterocycles. The second-order valence-electron chi connectivity index (χ2n) is 5.27. The molecule has 1 aliphatic rings. The lowest BCUT2D eigenvalue weighted by molar-refractivity contribution is 0.0937. The number of amides is 1. The molecule has 6 heteroatoms. The van der Waals surface area contributed by atoms with Gasteiger partial charge in [-0.3, -0.25) is 4.79 Å². The Balaban J connectivity index is 2.00. The molecule has 1 aromatic heterocycles. The fourth-order valence-electron chi connectivity index (χ4n) is 1.84. The second kappa shape index (κ2) is 5.48. The van der Waals surface area contributed by atoms with Gasteiger partial charge in [-0.15, -0.1) is 0 Å². The van der Waals surface area contributed by atoms with Gasteiger partial charge in [0.1, 0.15) is 0 Å². The first-order chi connectivity index (χ1) is 8.60. The van der Waals surface area contributed by atoms with E-state index >= 15 is 0 Å². The molecule has 0 aliphatic heterocycles. The highest BCUT2D eigenvalue weighted by Gasteiger charge is 2.27. The SMILES string of the molecule is CC(C)CC(CN)c1nc(C(=O)NC2CC2)no1. The third kappa shape index (κ3) is 3.29. The largest absolute Gasteiger partial charge is 0.346 e. The number of aromatic nitrogens is 2. The van der Waals surface area contributed by atoms with Crippen LogP contribution in [-0.2, 0) is 0 Å². The van der Waals surface area contributed by atoms with Gasteiger partial charge < -0.3 is 15.6 Å². The Kier molecular flexibility index (Phi) is 3.96. The molecule has 2 rings (SSSR count). The van der Waals surface area contributed by atoms with Crippen LogP contribution in [0.5, 0.6) is 0 Å². The fourth-order valence-corrected chi connectivity index (χ4v) is 1.84. The van der Waals surface area contributed by atoms with Crippen LogP contribution in [0.1, 0.15) is 55.5 Å². The number of carbonyl (C=O) groups excluding carboxylic acids is 1. The van der Waals surface area contributed by atoms with E-state index in [4.69, 9.17) is 10.3 Å². The molecule has 1 aromatic rings. The van der Waals surface area contributed by atoms with Crippen LogP contribution < -0.4 is 11.1 Å². The number of rotatable bonds is 6. The van der Waals surface area contributed by atoms with Crippen LogP contribution in [0.3, 0.4) is 0 Å². The van der Waals surface area contributed by atoms with E-state index in [1.807, 2.05) is 0 Å². The number of hydrogen-bond acceptors (Lipinski definition) is 5. The molecule has 6 nitrogen and oxygen atoms in total. The lowest BCUT2D eigenvalue weighted by Gasteiger charge is -2.11. The molecule has 0 radical (unpaired) electrons. The number of nitrogens with two attached hydrogens (primary N) is 1. The van der Waals surface area contributed by atoms with E-state index in [2.05, 4.69) is 29.3 Å². The molecule has 18 heavy (non-hydrogen) atoms. The minimum atomic E-state index is -0.257. The van der Waals surface area contributed by atoms with Crippen molar-refractivity contribution in [1.29, 1.82) is 0 Å². The molecule has 1 atom stereocenters. The minimum Gasteiger partial charge on any atom is -0.346 e. The third-order valence-electron chi connectivity index (χ3n) is 2.95. The number of hydrogen-bond donors (Lipinski definition) is 2. The van der Waals surface area contributed by atoms with Crippen molar-refractivity contribution in [3.63, 3.8) is 0 Å². The van der Waals surface area contributed by atoms with Crippen LogP contribution in [-0.4, -0.2) is 28.6 Å². The summed E-state index contributed by atoms with van der Waals surface area (Å²) in [6, 6.07) is 0.292. The van der Waals surface area contributed by atoms with Crippen molar-refractivity contribution in [3.05, 3.63) is 11.7 Å². The average Bonchev–Trinajstić information content (AvgIpc) is 2.99. The van der Waals surface area contributed by atoms with Crippen molar-refractivity contribution in [3.8, 4) is 0 Å². The maximum Gasteiger partial charge on any atom is 0.292 e. The van der Waals surface area contributed by atoms with Crippen molar-refractivity contribution < 1.29 is 9.32 Å². The standard InChI is InChI=1S/C12H20N4O2/c1-7(2)5-8(6-13)12-15-10(16-18-12)11(17)14-9-3-4-9/h7-9H,3-6,13H2,1-2H3,(H,14,17). The van der Waals surface area contributed by atoms with Gasteiger partial charge in [-0.25, -0.2) is 0 Å². The zero-order valence-corrected chi connectivity index (χ0v) is 10.8. The highest BCUT2D eigenvalue weighted by Crippen LogP contribution is 2.22. The summed E-state index contributed by atoms with van der Waals surface area (Å²) in [4.78, 5) is 15.9. The first-order valence-corrected chi connectivity index (χ1v) is 6.44. The van der Waals surface area contributed by atoms with Gasteiger partial charge >= 0.3 is 0 Å². The summed E-state index contributed by atoms with van der Waals surface area (Å²) in [6.07, 6.45) is 2.95. The normalized spacial score (nSPS) is 16.9. The summed E-state index contributed by atoms with van der Waals surface area (Å²) >= 11 is 0. The molecule has 0 saturated heterocycles. The monoisotopic (exact) mass is 252 g/mol. The van der Waals surface area contributed by atoms with E-state index < -0.39 is 0 Å². The van der Waals surface area contributed by atoms with E-state index in [-0.39, 0.29) is 17.6 Å². The Labute approximate surface area is 106 Å². The third-order valence-corrected chi connectivity index (χ3v) is 2.95. The summed E-state index contributed by atoms with van der Waals surface area (Å²) in [7, 11) is 0. The Bertz CT molecular complexity index is 412. The predicted octanol–water partition coefficient (Wildman–Crippen LogP) is 1.05. The number of nitrogens with one attached hydrogen (secondary N) is 1. The zero-order valence-electron chi connectivity index (χ0n) is 10.8. The summed E-state index contributed by atoms with van der Waals surface area (Å²) in [6.45, 7) is 4.67. The molecule has 1 aliphatic carbocycles. The molecule has 1 fully saturated rings. The van der Waals surface area contributed by atoms with Crippen LogP contribution in [0.4, 0.5) is 0 Å². The van der Waals surface area contributed by atoms with Crippen molar-refractivity contribution in [2.24, 2.45) is 11.7 Å². The molecule has 0 spiro atoms. The maximum absolute atomic E-state index is 11.7. The smallest absolute Gasteiger partial charge is 0.292 e. The van der Waals surface area contributed by atoms with E-state index in [0.29, 0.717) is 24.4 Å². The average molecular weight is 252 g/mol. The molecule has 1 amide bonds. The van der Waals surface area contributed by atoms with Crippen molar-refractivity contribution in [2.75, 3.05) is 6.54 Å². The summed E-state index contributed by atoms with van der Waals surface area (Å²) in [5, 5.41) is 6.55. The van der Waals surface area contributed by atoms with Crippen LogP contribution in [0.25, 0.3) is 0 Å². The van der Waals surface area contributed by atoms with E-state index in [1.54, 1.807) is 0 Å². The van der Waals surface area contributed by atoms with Gasteiger partial charge in [0.05, 0.1) is 5.92 Å². The fraction of sp³-hybridized carbons (Fsp3) is 0.750. The van der Waals surface area contributed by atoms with Gasteiger partial charge in [-0.1, -0.05) is 19.0 Å². The summed E-state index contributed by atoms with van der Waals surface area (Å²) < 4.78 is 5.14. The van der Waals surface area contributed by atoms with E-state index in [9.17, 15) is 4.79 Å². The van der Waals surface area contributed by atoms with Crippen LogP contribution in [0.15, 0.2) is 4.52 Å². The van der Waals surface area contributed by atoms with Crippen LogP contribution >= 0.6 is 0 Å². The van der Waals surface area contributed by atoms with Gasteiger partial charge in [-0.2, -0.15) is 4.98 Å². The summed E-state index contributed by atoms with van der Waals surface area (Å²) in [5.74, 6) is 0.841. The summed E-state index contributed by atoms with van der Waals surface area (Å²) in [5.41, 5.74) is 5.70. The molecular formula is C12H20N4O2. The molecule has 0 bridgehead atoms. The van der Waals surface area contributed by atoms with Gasteiger partial charge in [-0.05, 0) is 25.2 Å². The Morgan fingerprint density at radius 3 is 2.83 bits per heavy atom. The van der Waals surface area contributed by atoms with E-state index in [0.717, 1.165) is 19.3 Å². The van der Waals surface area contributed by atoms with Gasteiger partial charge in [0.25, 0.3) is 11.7 Å². The molecule has 3 N–H and O–H groups in total. The molecular weight excluding hydrogens is 232 g/mol. The predicted molar refractivity (Wildman–Crippen MR) is 66.0 cm³/mol. The van der Waals surface area contributed by atoms with Crippen molar-refractivity contribution >= 4 is 5.91 Å². The first-order valence-electron chi connectivity index (χ1n) is 6.44. The minimum absolute atomic E-state index is 0.0278. The van der Waals surface area contributed by atoms with E-state index in [1.165, 1.54) is 0 Å². The highest BCUT2D eigenvalue weighted by molar-refractivity contribution is 5.90. The molecule has 1 unspecified atom stereocenters. The van der Waals surface area contributed by atoms with Crippen LogP contribution in [0.2, 0.25) is 0 Å². The zero-order chi connectivity index (χ0) is 13.1. The number of nitrogens with zero attached hydrogens (tertiary/aromatic N) is 2. The van der Waals surface area contributed by atoms with Gasteiger partial charge in [0.2, 0.25) is 5.89 Å². The Hall–Kier alpha value is -1.43. The maximum atomic E-state index is 11.7. The Morgan fingerprint density at radius 2 is 2.28 bits per heavy atom. The lowest BCUT2D eigenvalue weighted by atomic mass is 9.97. The van der Waals surface area contributed by atoms with Crippen LogP contribution in [0, 0.1) is 5.92 Å². The second-order valence-corrected chi connectivity index (χ2v) is 5.27. The molecule has 0 aromatic carbocycles. The van der Waals surface area contributed by atoms with Gasteiger partial charge in [0, 0.05) is 12.6 Å². The first kappa shape index (κ1) is 13.0.